The second-order valence-corrected chi connectivity index (χ2v) is 5.01. The third-order valence-electron chi connectivity index (χ3n) is 1.51. The van der Waals surface area contributed by atoms with Crippen LogP contribution in [0.4, 0.5) is 5.13 Å². The first-order chi connectivity index (χ1) is 6.74. The minimum atomic E-state index is 0.594. The van der Waals surface area contributed by atoms with E-state index >= 15 is 0 Å². The lowest BCUT2D eigenvalue weighted by atomic mass is 10.6. The predicted octanol–water partition coefficient (Wildman–Crippen LogP) is 2.31. The van der Waals surface area contributed by atoms with E-state index in [4.69, 9.17) is 10.2 Å². The van der Waals surface area contributed by atoms with Gasteiger partial charge in [-0.05, 0) is 6.92 Å². The Kier molecular flexibility index (Phi) is 2.74. The van der Waals surface area contributed by atoms with Crippen LogP contribution < -0.4 is 5.73 Å². The van der Waals surface area contributed by atoms with Crippen LogP contribution in [0.25, 0.3) is 0 Å². The normalized spacial score (nSPS) is 10.6. The summed E-state index contributed by atoms with van der Waals surface area (Å²) in [6.07, 6.45) is 3.48. The van der Waals surface area contributed by atoms with Crippen molar-refractivity contribution in [2.24, 2.45) is 0 Å². The Bertz CT molecular complexity index is 383. The number of rotatable bonds is 3. The molecule has 2 N–H and O–H groups in total. The summed E-state index contributed by atoms with van der Waals surface area (Å²) >= 11 is 3.10. The van der Waals surface area contributed by atoms with Crippen LogP contribution in [0.15, 0.2) is 21.0 Å². The molecule has 0 spiro atoms. The number of anilines is 1. The topological polar surface area (TPSA) is 64.9 Å². The molecule has 0 fully saturated rings. The van der Waals surface area contributed by atoms with Crippen molar-refractivity contribution in [1.29, 1.82) is 0 Å². The molecule has 0 aromatic carbocycles. The van der Waals surface area contributed by atoms with Crippen molar-refractivity contribution in [3.8, 4) is 0 Å². The maximum atomic E-state index is 5.51. The number of oxazole rings is 1. The van der Waals surface area contributed by atoms with E-state index in [2.05, 4.69) is 9.97 Å². The van der Waals surface area contributed by atoms with E-state index in [9.17, 15) is 0 Å². The van der Waals surface area contributed by atoms with Crippen molar-refractivity contribution in [3.05, 3.63) is 24.0 Å². The van der Waals surface area contributed by atoms with Gasteiger partial charge >= 0.3 is 0 Å². The number of nitrogens with two attached hydrogens (primary N) is 1. The van der Waals surface area contributed by atoms with Crippen molar-refractivity contribution < 1.29 is 4.42 Å². The summed E-state index contributed by atoms with van der Waals surface area (Å²) in [4.78, 5) is 8.06. The van der Waals surface area contributed by atoms with Gasteiger partial charge in [0.25, 0.3) is 0 Å². The Morgan fingerprint density at radius 1 is 1.50 bits per heavy atom. The first-order valence-corrected chi connectivity index (χ1v) is 5.79. The third kappa shape index (κ3) is 2.27. The fourth-order valence-electron chi connectivity index (χ4n) is 0.940. The number of hydrogen-bond acceptors (Lipinski definition) is 6. The first-order valence-electron chi connectivity index (χ1n) is 3.99. The van der Waals surface area contributed by atoms with Gasteiger partial charge in [-0.1, -0.05) is 11.3 Å². The van der Waals surface area contributed by atoms with Crippen LogP contribution in [0.2, 0.25) is 0 Å². The molecule has 4 nitrogen and oxygen atoms in total. The molecule has 14 heavy (non-hydrogen) atoms. The van der Waals surface area contributed by atoms with Crippen LogP contribution in [-0.2, 0) is 5.75 Å². The Hall–Kier alpha value is -1.01. The van der Waals surface area contributed by atoms with E-state index in [0.29, 0.717) is 5.13 Å². The lowest BCUT2D eigenvalue weighted by Gasteiger charge is -1.91. The Morgan fingerprint density at radius 2 is 2.36 bits per heavy atom. The molecule has 2 aromatic heterocycles. The van der Waals surface area contributed by atoms with Crippen LogP contribution >= 0.6 is 23.1 Å². The number of nitrogen functional groups attached to an aromatic ring is 1. The van der Waals surface area contributed by atoms with Crippen molar-refractivity contribution in [2.75, 3.05) is 5.73 Å². The van der Waals surface area contributed by atoms with Crippen LogP contribution in [0, 0.1) is 6.92 Å². The van der Waals surface area contributed by atoms with Gasteiger partial charge in [-0.2, -0.15) is 0 Å². The highest BCUT2D eigenvalue weighted by Crippen LogP contribution is 2.28. The average molecular weight is 227 g/mol. The second kappa shape index (κ2) is 4.02. The molecule has 0 atom stereocenters. The predicted molar refractivity (Wildman–Crippen MR) is 57.3 cm³/mol. The number of aryl methyl sites for hydroxylation is 1. The summed E-state index contributed by atoms with van der Waals surface area (Å²) in [5.74, 6) is 2.29. The van der Waals surface area contributed by atoms with Crippen LogP contribution in [-0.4, -0.2) is 9.97 Å². The molecule has 2 heterocycles. The smallest absolute Gasteiger partial charge is 0.204 e. The molecule has 0 aliphatic carbocycles. The summed E-state index contributed by atoms with van der Waals surface area (Å²) in [6.45, 7) is 1.88. The molecule has 0 saturated carbocycles. The van der Waals surface area contributed by atoms with E-state index in [0.717, 1.165) is 21.6 Å². The van der Waals surface area contributed by atoms with E-state index in [1.165, 1.54) is 11.3 Å². The highest BCUT2D eigenvalue weighted by atomic mass is 32.2. The van der Waals surface area contributed by atoms with Gasteiger partial charge in [0.05, 0.1) is 22.4 Å². The van der Waals surface area contributed by atoms with Gasteiger partial charge < -0.3 is 10.2 Å². The SMILES string of the molecule is Cc1cnc(CSc2cnc(N)s2)o1. The van der Waals surface area contributed by atoms with E-state index in [-0.39, 0.29) is 0 Å². The Labute approximate surface area is 89.6 Å². The van der Waals surface area contributed by atoms with Gasteiger partial charge in [-0.25, -0.2) is 9.97 Å². The van der Waals surface area contributed by atoms with Gasteiger partial charge in [0.15, 0.2) is 5.13 Å². The molecule has 74 valence electrons. The van der Waals surface area contributed by atoms with E-state index in [1.807, 2.05) is 6.92 Å². The minimum absolute atomic E-state index is 0.594. The molecule has 0 amide bonds. The summed E-state index contributed by atoms with van der Waals surface area (Å²) in [5, 5.41) is 0.594. The average Bonchev–Trinajstić information content (AvgIpc) is 2.72. The van der Waals surface area contributed by atoms with Gasteiger partial charge in [-0.3, -0.25) is 0 Å². The van der Waals surface area contributed by atoms with Crippen molar-refractivity contribution in [1.82, 2.24) is 9.97 Å². The first kappa shape index (κ1) is 9.54. The maximum absolute atomic E-state index is 5.51. The molecule has 2 rings (SSSR count). The van der Waals surface area contributed by atoms with Crippen LogP contribution in [0.3, 0.4) is 0 Å². The Morgan fingerprint density at radius 3 is 2.93 bits per heavy atom. The molecule has 0 saturated heterocycles. The summed E-state index contributed by atoms with van der Waals surface area (Å²) in [7, 11) is 0. The zero-order valence-corrected chi connectivity index (χ0v) is 9.19. The Balaban J connectivity index is 1.94. The quantitative estimate of drug-likeness (QED) is 0.815. The summed E-state index contributed by atoms with van der Waals surface area (Å²) < 4.78 is 6.41. The molecule has 0 aliphatic rings. The van der Waals surface area contributed by atoms with Gasteiger partial charge in [-0.15, -0.1) is 11.8 Å². The largest absolute Gasteiger partial charge is 0.445 e. The third-order valence-corrected chi connectivity index (χ3v) is 3.52. The highest BCUT2D eigenvalue weighted by Gasteiger charge is 2.04. The number of nitrogens with zero attached hydrogens (tertiary/aromatic N) is 2. The van der Waals surface area contributed by atoms with Gasteiger partial charge in [0.1, 0.15) is 5.76 Å². The molecule has 6 heteroatoms. The fourth-order valence-corrected chi connectivity index (χ4v) is 2.55. The monoisotopic (exact) mass is 227 g/mol. The minimum Gasteiger partial charge on any atom is -0.445 e. The van der Waals surface area contributed by atoms with Crippen molar-refractivity contribution >= 4 is 28.2 Å². The summed E-state index contributed by atoms with van der Waals surface area (Å²) in [5.41, 5.74) is 5.51. The number of aromatic nitrogens is 2. The number of thiazole rings is 1. The molecular weight excluding hydrogens is 218 g/mol. The van der Waals surface area contributed by atoms with E-state index < -0.39 is 0 Å². The lowest BCUT2D eigenvalue weighted by molar-refractivity contribution is 0.490. The second-order valence-electron chi connectivity index (χ2n) is 2.67. The van der Waals surface area contributed by atoms with Gasteiger partial charge in [0.2, 0.25) is 5.89 Å². The molecule has 0 radical (unpaired) electrons. The van der Waals surface area contributed by atoms with Gasteiger partial charge in [0, 0.05) is 0 Å². The van der Waals surface area contributed by atoms with Crippen LogP contribution in [0.5, 0.6) is 0 Å². The summed E-state index contributed by atoms with van der Waals surface area (Å²) in [6, 6.07) is 0. The lowest BCUT2D eigenvalue weighted by Crippen LogP contribution is -1.77. The molecule has 0 unspecified atom stereocenters. The molecule has 0 aliphatic heterocycles. The standard InChI is InChI=1S/C8H9N3OS2/c1-5-2-10-6(12-5)4-13-7-3-11-8(9)14-7/h2-3H,4H2,1H3,(H2,9,11). The fraction of sp³-hybridized carbons (Fsp3) is 0.250. The van der Waals surface area contributed by atoms with Crippen molar-refractivity contribution in [2.45, 2.75) is 16.9 Å². The van der Waals surface area contributed by atoms with Crippen molar-refractivity contribution in [3.63, 3.8) is 0 Å². The number of hydrogen-bond donors (Lipinski definition) is 1. The molecular formula is C8H9N3OS2. The highest BCUT2D eigenvalue weighted by molar-refractivity contribution is 8.00. The molecule has 0 bridgehead atoms. The van der Waals surface area contributed by atoms with E-state index in [1.54, 1.807) is 24.2 Å². The maximum Gasteiger partial charge on any atom is 0.204 e. The van der Waals surface area contributed by atoms with Crippen LogP contribution in [0.1, 0.15) is 11.7 Å². The number of thioether (sulfide) groups is 1. The zero-order valence-electron chi connectivity index (χ0n) is 7.56. The zero-order chi connectivity index (χ0) is 9.97. The molecule has 2 aromatic rings.